The molecule has 1 heterocycles. The lowest BCUT2D eigenvalue weighted by Crippen LogP contribution is -2.16. The first-order valence-electron chi connectivity index (χ1n) is 9.32. The predicted molar refractivity (Wildman–Crippen MR) is 104 cm³/mol. The lowest BCUT2D eigenvalue weighted by Gasteiger charge is -2.16. The van der Waals surface area contributed by atoms with Gasteiger partial charge < -0.3 is 10.6 Å². The third-order valence-electron chi connectivity index (χ3n) is 4.90. The summed E-state index contributed by atoms with van der Waals surface area (Å²) in [6, 6.07) is 11.8. The Kier molecular flexibility index (Phi) is 6.66. The van der Waals surface area contributed by atoms with Gasteiger partial charge in [0, 0.05) is 13.0 Å². The van der Waals surface area contributed by atoms with Crippen LogP contribution >= 0.6 is 11.6 Å². The molecule has 6 heteroatoms. The molecule has 0 atom stereocenters. The van der Waals surface area contributed by atoms with Crippen molar-refractivity contribution in [2.75, 3.05) is 18.4 Å². The van der Waals surface area contributed by atoms with Gasteiger partial charge in [-0.05, 0) is 67.1 Å². The highest BCUT2D eigenvalue weighted by Crippen LogP contribution is 2.31. The van der Waals surface area contributed by atoms with Crippen molar-refractivity contribution in [1.82, 2.24) is 5.32 Å². The fraction of sp³-hybridized carbons (Fsp3) is 0.429. The third kappa shape index (κ3) is 5.88. The SMILES string of the molecule is FC(F)(F)CCCc1ccc(CNc2c(Cl)ccc3c2CCNCC3)cc1. The largest absolute Gasteiger partial charge is 0.389 e. The fourth-order valence-electron chi connectivity index (χ4n) is 3.44. The molecule has 0 aliphatic carbocycles. The van der Waals surface area contributed by atoms with Gasteiger partial charge in [0.05, 0.1) is 10.7 Å². The highest BCUT2D eigenvalue weighted by molar-refractivity contribution is 6.33. The lowest BCUT2D eigenvalue weighted by molar-refractivity contribution is -0.135. The molecule has 0 amide bonds. The smallest absolute Gasteiger partial charge is 0.380 e. The van der Waals surface area contributed by atoms with Crippen molar-refractivity contribution in [3.05, 3.63) is 63.7 Å². The molecule has 0 aromatic heterocycles. The average molecular weight is 397 g/mol. The molecule has 0 saturated carbocycles. The number of aryl methyl sites for hydroxylation is 1. The number of nitrogens with one attached hydrogen (secondary N) is 2. The number of anilines is 1. The Bertz CT molecular complexity index is 757. The normalized spacial score (nSPS) is 14.5. The molecule has 2 nitrogen and oxygen atoms in total. The van der Waals surface area contributed by atoms with Gasteiger partial charge in [0.25, 0.3) is 0 Å². The summed E-state index contributed by atoms with van der Waals surface area (Å²) < 4.78 is 36.7. The van der Waals surface area contributed by atoms with Crippen LogP contribution in [-0.4, -0.2) is 19.3 Å². The van der Waals surface area contributed by atoms with Crippen molar-refractivity contribution in [1.29, 1.82) is 0 Å². The molecule has 27 heavy (non-hydrogen) atoms. The Balaban J connectivity index is 1.60. The Morgan fingerprint density at radius 1 is 0.963 bits per heavy atom. The highest BCUT2D eigenvalue weighted by Gasteiger charge is 2.25. The van der Waals surface area contributed by atoms with Crippen molar-refractivity contribution in [3.8, 4) is 0 Å². The summed E-state index contributed by atoms with van der Waals surface area (Å²) in [5.41, 5.74) is 5.60. The highest BCUT2D eigenvalue weighted by atomic mass is 35.5. The molecule has 0 unspecified atom stereocenters. The van der Waals surface area contributed by atoms with Gasteiger partial charge in [-0.2, -0.15) is 13.2 Å². The van der Waals surface area contributed by atoms with Crippen molar-refractivity contribution >= 4 is 17.3 Å². The predicted octanol–water partition coefficient (Wildman–Crippen LogP) is 5.53. The van der Waals surface area contributed by atoms with Gasteiger partial charge in [0.2, 0.25) is 0 Å². The molecule has 0 spiro atoms. The molecular weight excluding hydrogens is 373 g/mol. The maximum absolute atomic E-state index is 12.2. The van der Waals surface area contributed by atoms with E-state index in [4.69, 9.17) is 11.6 Å². The van der Waals surface area contributed by atoms with Gasteiger partial charge in [0.15, 0.2) is 0 Å². The minimum absolute atomic E-state index is 0.126. The molecule has 0 radical (unpaired) electrons. The minimum Gasteiger partial charge on any atom is -0.380 e. The topological polar surface area (TPSA) is 24.1 Å². The summed E-state index contributed by atoms with van der Waals surface area (Å²) in [5, 5.41) is 7.59. The molecule has 146 valence electrons. The standard InChI is InChI=1S/C21H24ClF3N2/c22-19-8-7-17-9-12-26-13-10-18(17)20(19)27-14-16-5-3-15(4-6-16)2-1-11-21(23,24)25/h3-8,26-27H,1-2,9-14H2. The monoisotopic (exact) mass is 396 g/mol. The van der Waals surface area contributed by atoms with E-state index in [0.717, 1.165) is 47.8 Å². The molecule has 1 aliphatic heterocycles. The number of rotatable bonds is 6. The fourth-order valence-corrected chi connectivity index (χ4v) is 3.69. The zero-order valence-corrected chi connectivity index (χ0v) is 15.9. The molecular formula is C21H24ClF3N2. The Labute approximate surface area is 163 Å². The number of halogens is 4. The number of alkyl halides is 3. The van der Waals surface area contributed by atoms with Gasteiger partial charge in [-0.25, -0.2) is 0 Å². The van der Waals surface area contributed by atoms with E-state index < -0.39 is 12.6 Å². The van der Waals surface area contributed by atoms with Crippen LogP contribution in [0.3, 0.4) is 0 Å². The minimum atomic E-state index is -4.08. The third-order valence-corrected chi connectivity index (χ3v) is 5.21. The lowest BCUT2D eigenvalue weighted by atomic mass is 10.0. The van der Waals surface area contributed by atoms with Gasteiger partial charge in [0.1, 0.15) is 0 Å². The molecule has 2 N–H and O–H groups in total. The molecule has 2 aromatic rings. The molecule has 0 bridgehead atoms. The van der Waals surface area contributed by atoms with Gasteiger partial charge in [-0.15, -0.1) is 0 Å². The molecule has 2 aromatic carbocycles. The first-order valence-corrected chi connectivity index (χ1v) is 9.69. The van der Waals surface area contributed by atoms with Crippen molar-refractivity contribution in [3.63, 3.8) is 0 Å². The van der Waals surface area contributed by atoms with E-state index in [1.807, 2.05) is 30.3 Å². The van der Waals surface area contributed by atoms with E-state index in [9.17, 15) is 13.2 Å². The second-order valence-corrected chi connectivity index (χ2v) is 7.36. The number of benzene rings is 2. The number of hydrogen-bond donors (Lipinski definition) is 2. The Morgan fingerprint density at radius 2 is 1.67 bits per heavy atom. The van der Waals surface area contributed by atoms with Crippen molar-refractivity contribution in [2.24, 2.45) is 0 Å². The zero-order valence-electron chi connectivity index (χ0n) is 15.1. The van der Waals surface area contributed by atoms with E-state index in [-0.39, 0.29) is 6.42 Å². The molecule has 3 rings (SSSR count). The first-order chi connectivity index (χ1) is 12.9. The summed E-state index contributed by atoms with van der Waals surface area (Å²) in [7, 11) is 0. The summed E-state index contributed by atoms with van der Waals surface area (Å²) in [6.45, 7) is 2.55. The average Bonchev–Trinajstić information content (AvgIpc) is 2.86. The molecule has 0 saturated heterocycles. The van der Waals surface area contributed by atoms with Crippen molar-refractivity contribution < 1.29 is 13.2 Å². The van der Waals surface area contributed by atoms with E-state index >= 15 is 0 Å². The summed E-state index contributed by atoms with van der Waals surface area (Å²) >= 11 is 6.43. The Morgan fingerprint density at radius 3 is 2.41 bits per heavy atom. The molecule has 0 fully saturated rings. The number of hydrogen-bond acceptors (Lipinski definition) is 2. The molecule has 1 aliphatic rings. The first kappa shape index (κ1) is 20.0. The summed E-state index contributed by atoms with van der Waals surface area (Å²) in [6.07, 6.45) is -2.31. The second-order valence-electron chi connectivity index (χ2n) is 6.95. The summed E-state index contributed by atoms with van der Waals surface area (Å²) in [4.78, 5) is 0. The van der Waals surface area contributed by atoms with E-state index in [1.54, 1.807) is 0 Å². The van der Waals surface area contributed by atoms with Crippen LogP contribution in [0.1, 0.15) is 35.1 Å². The van der Waals surface area contributed by atoms with Crippen LogP contribution in [0.2, 0.25) is 5.02 Å². The maximum atomic E-state index is 12.2. The van der Waals surface area contributed by atoms with Gasteiger partial charge in [-0.1, -0.05) is 41.9 Å². The number of fused-ring (bicyclic) bond motifs is 1. The van der Waals surface area contributed by atoms with Gasteiger partial charge >= 0.3 is 6.18 Å². The van der Waals surface area contributed by atoms with Crippen LogP contribution in [-0.2, 0) is 25.8 Å². The van der Waals surface area contributed by atoms with E-state index in [2.05, 4.69) is 16.7 Å². The van der Waals surface area contributed by atoms with E-state index in [0.29, 0.717) is 13.0 Å². The quantitative estimate of drug-likeness (QED) is 0.671. The summed E-state index contributed by atoms with van der Waals surface area (Å²) in [5.74, 6) is 0. The van der Waals surface area contributed by atoms with Crippen LogP contribution in [0, 0.1) is 0 Å². The van der Waals surface area contributed by atoms with Gasteiger partial charge in [-0.3, -0.25) is 0 Å². The van der Waals surface area contributed by atoms with Crippen LogP contribution in [0.15, 0.2) is 36.4 Å². The van der Waals surface area contributed by atoms with Crippen LogP contribution in [0.25, 0.3) is 0 Å². The second kappa shape index (κ2) is 8.98. The Hall–Kier alpha value is -1.72. The van der Waals surface area contributed by atoms with E-state index in [1.165, 1.54) is 11.1 Å². The van der Waals surface area contributed by atoms with Crippen LogP contribution < -0.4 is 10.6 Å². The van der Waals surface area contributed by atoms with Crippen molar-refractivity contribution in [2.45, 2.75) is 44.8 Å². The van der Waals surface area contributed by atoms with Crippen LogP contribution in [0.5, 0.6) is 0 Å². The van der Waals surface area contributed by atoms with Crippen LogP contribution in [0.4, 0.5) is 18.9 Å². The zero-order chi connectivity index (χ0) is 19.3. The maximum Gasteiger partial charge on any atom is 0.389 e.